The Balaban J connectivity index is 1.94. The molecule has 1 fully saturated rings. The molecule has 1 saturated carbocycles. The summed E-state index contributed by atoms with van der Waals surface area (Å²) in [6, 6.07) is 6.34. The van der Waals surface area contributed by atoms with Gasteiger partial charge in [-0.2, -0.15) is 0 Å². The Kier molecular flexibility index (Phi) is 3.37. The van der Waals surface area contributed by atoms with Gasteiger partial charge in [0.25, 0.3) is 0 Å². The van der Waals surface area contributed by atoms with Crippen LogP contribution < -0.4 is 5.73 Å². The van der Waals surface area contributed by atoms with Crippen LogP contribution >= 0.6 is 0 Å². The number of aromatic nitrogens is 1. The molecule has 15 heavy (non-hydrogen) atoms. The van der Waals surface area contributed by atoms with Crippen molar-refractivity contribution in [2.45, 2.75) is 38.6 Å². The van der Waals surface area contributed by atoms with E-state index in [2.05, 4.69) is 18.0 Å². The molecule has 0 radical (unpaired) electrons. The van der Waals surface area contributed by atoms with E-state index in [-0.39, 0.29) is 6.04 Å². The number of nitrogens with zero attached hydrogens (tertiary/aromatic N) is 1. The molecule has 0 bridgehead atoms. The third-order valence-corrected chi connectivity index (χ3v) is 3.65. The Morgan fingerprint density at radius 1 is 1.47 bits per heavy atom. The van der Waals surface area contributed by atoms with E-state index < -0.39 is 0 Å². The van der Waals surface area contributed by atoms with Crippen molar-refractivity contribution in [1.29, 1.82) is 0 Å². The van der Waals surface area contributed by atoms with E-state index in [9.17, 15) is 0 Å². The summed E-state index contributed by atoms with van der Waals surface area (Å²) in [5.74, 6) is 1.50. The first kappa shape index (κ1) is 10.6. The van der Waals surface area contributed by atoms with Crippen molar-refractivity contribution in [2.75, 3.05) is 0 Å². The minimum absolute atomic E-state index is 0.289. The number of pyridine rings is 1. The Morgan fingerprint density at radius 2 is 2.33 bits per heavy atom. The molecule has 1 aromatic rings. The molecule has 0 aliphatic heterocycles. The van der Waals surface area contributed by atoms with Crippen LogP contribution in [0.2, 0.25) is 0 Å². The molecule has 2 nitrogen and oxygen atoms in total. The van der Waals surface area contributed by atoms with Gasteiger partial charge in [0.15, 0.2) is 0 Å². The Hall–Kier alpha value is -0.890. The zero-order valence-electron chi connectivity index (χ0n) is 9.39. The van der Waals surface area contributed by atoms with Gasteiger partial charge in [0.2, 0.25) is 0 Å². The average Bonchev–Trinajstić information content (AvgIpc) is 2.66. The van der Waals surface area contributed by atoms with Gasteiger partial charge in [-0.15, -0.1) is 0 Å². The zero-order valence-corrected chi connectivity index (χ0v) is 9.39. The molecule has 1 aromatic heterocycles. The van der Waals surface area contributed by atoms with E-state index >= 15 is 0 Å². The summed E-state index contributed by atoms with van der Waals surface area (Å²) in [7, 11) is 0. The highest BCUT2D eigenvalue weighted by molar-refractivity contribution is 5.06. The fourth-order valence-corrected chi connectivity index (χ4v) is 2.72. The van der Waals surface area contributed by atoms with Crippen molar-refractivity contribution in [1.82, 2.24) is 4.98 Å². The van der Waals surface area contributed by atoms with Crippen LogP contribution in [-0.4, -0.2) is 11.0 Å². The van der Waals surface area contributed by atoms with Crippen LogP contribution in [0.4, 0.5) is 0 Å². The normalized spacial score (nSPS) is 27.9. The van der Waals surface area contributed by atoms with E-state index in [1.54, 1.807) is 0 Å². The van der Waals surface area contributed by atoms with Crippen LogP contribution in [0.1, 0.15) is 31.9 Å². The van der Waals surface area contributed by atoms with Crippen molar-refractivity contribution < 1.29 is 0 Å². The van der Waals surface area contributed by atoms with E-state index in [1.165, 1.54) is 19.3 Å². The molecule has 2 N–H and O–H groups in total. The van der Waals surface area contributed by atoms with Crippen LogP contribution in [0, 0.1) is 11.8 Å². The van der Waals surface area contributed by atoms with Gasteiger partial charge in [-0.05, 0) is 30.4 Å². The van der Waals surface area contributed by atoms with E-state index in [0.717, 1.165) is 18.0 Å². The molecule has 3 atom stereocenters. The molecule has 3 unspecified atom stereocenters. The van der Waals surface area contributed by atoms with Crippen molar-refractivity contribution in [3.63, 3.8) is 0 Å². The fourth-order valence-electron chi connectivity index (χ4n) is 2.72. The summed E-state index contributed by atoms with van der Waals surface area (Å²) >= 11 is 0. The predicted molar refractivity (Wildman–Crippen MR) is 62.4 cm³/mol. The summed E-state index contributed by atoms with van der Waals surface area (Å²) < 4.78 is 0. The molecule has 2 heteroatoms. The van der Waals surface area contributed by atoms with E-state index in [1.807, 2.05) is 18.3 Å². The van der Waals surface area contributed by atoms with Crippen LogP contribution in [-0.2, 0) is 6.42 Å². The Labute approximate surface area is 91.9 Å². The molecular formula is C13H20N2. The maximum atomic E-state index is 6.26. The summed E-state index contributed by atoms with van der Waals surface area (Å²) in [5, 5.41) is 0. The summed E-state index contributed by atoms with van der Waals surface area (Å²) in [4.78, 5) is 4.34. The molecule has 1 aliphatic rings. The SMILES string of the molecule is CC1CCCC1C(N)Cc1ccccn1. The van der Waals surface area contributed by atoms with E-state index in [0.29, 0.717) is 5.92 Å². The van der Waals surface area contributed by atoms with Crippen LogP contribution in [0.3, 0.4) is 0 Å². The average molecular weight is 204 g/mol. The quantitative estimate of drug-likeness (QED) is 0.821. The molecule has 0 spiro atoms. The summed E-state index contributed by atoms with van der Waals surface area (Å²) in [6.07, 6.45) is 6.77. The predicted octanol–water partition coefficient (Wildman–Crippen LogP) is 2.39. The van der Waals surface area contributed by atoms with Crippen LogP contribution in [0.15, 0.2) is 24.4 Å². The maximum absolute atomic E-state index is 6.26. The second-order valence-corrected chi connectivity index (χ2v) is 4.76. The first-order valence-electron chi connectivity index (χ1n) is 5.93. The van der Waals surface area contributed by atoms with Crippen molar-refractivity contribution in [3.8, 4) is 0 Å². The minimum Gasteiger partial charge on any atom is -0.327 e. The smallest absolute Gasteiger partial charge is 0.0419 e. The zero-order chi connectivity index (χ0) is 10.7. The van der Waals surface area contributed by atoms with Crippen molar-refractivity contribution in [3.05, 3.63) is 30.1 Å². The molecule has 1 aliphatic carbocycles. The lowest BCUT2D eigenvalue weighted by Crippen LogP contribution is -2.33. The van der Waals surface area contributed by atoms with Crippen LogP contribution in [0.5, 0.6) is 0 Å². The fraction of sp³-hybridized carbons (Fsp3) is 0.615. The first-order valence-corrected chi connectivity index (χ1v) is 5.93. The summed E-state index contributed by atoms with van der Waals surface area (Å²) in [5.41, 5.74) is 7.39. The van der Waals surface area contributed by atoms with Gasteiger partial charge in [0.05, 0.1) is 0 Å². The Morgan fingerprint density at radius 3 is 2.93 bits per heavy atom. The molecule has 0 aromatic carbocycles. The second-order valence-electron chi connectivity index (χ2n) is 4.76. The highest BCUT2D eigenvalue weighted by Gasteiger charge is 2.28. The third kappa shape index (κ3) is 2.57. The van der Waals surface area contributed by atoms with Crippen molar-refractivity contribution in [2.24, 2.45) is 17.6 Å². The maximum Gasteiger partial charge on any atom is 0.0419 e. The molecule has 0 amide bonds. The van der Waals surface area contributed by atoms with E-state index in [4.69, 9.17) is 5.73 Å². The standard InChI is InChI=1S/C13H20N2/c1-10-5-4-7-12(10)13(14)9-11-6-2-3-8-15-11/h2-3,6,8,10,12-13H,4-5,7,9,14H2,1H3. The topological polar surface area (TPSA) is 38.9 Å². The summed E-state index contributed by atoms with van der Waals surface area (Å²) in [6.45, 7) is 2.33. The highest BCUT2D eigenvalue weighted by Crippen LogP contribution is 2.33. The minimum atomic E-state index is 0.289. The van der Waals surface area contributed by atoms with Crippen LogP contribution in [0.25, 0.3) is 0 Å². The van der Waals surface area contributed by atoms with Gasteiger partial charge in [-0.25, -0.2) is 0 Å². The number of hydrogen-bond acceptors (Lipinski definition) is 2. The highest BCUT2D eigenvalue weighted by atomic mass is 14.7. The van der Waals surface area contributed by atoms with Gasteiger partial charge in [0.1, 0.15) is 0 Å². The third-order valence-electron chi connectivity index (χ3n) is 3.65. The number of nitrogens with two attached hydrogens (primary N) is 1. The number of rotatable bonds is 3. The second kappa shape index (κ2) is 4.75. The van der Waals surface area contributed by atoms with Gasteiger partial charge in [-0.1, -0.05) is 25.8 Å². The lowest BCUT2D eigenvalue weighted by Gasteiger charge is -2.22. The van der Waals surface area contributed by atoms with Gasteiger partial charge < -0.3 is 5.73 Å². The van der Waals surface area contributed by atoms with Gasteiger partial charge in [-0.3, -0.25) is 4.98 Å². The first-order chi connectivity index (χ1) is 7.27. The Bertz CT molecular complexity index is 297. The lowest BCUT2D eigenvalue weighted by molar-refractivity contribution is 0.342. The monoisotopic (exact) mass is 204 g/mol. The largest absolute Gasteiger partial charge is 0.327 e. The number of hydrogen-bond donors (Lipinski definition) is 1. The molecule has 0 saturated heterocycles. The molecule has 1 heterocycles. The van der Waals surface area contributed by atoms with Crippen molar-refractivity contribution >= 4 is 0 Å². The van der Waals surface area contributed by atoms with Gasteiger partial charge in [0, 0.05) is 24.4 Å². The van der Waals surface area contributed by atoms with Gasteiger partial charge >= 0.3 is 0 Å². The lowest BCUT2D eigenvalue weighted by atomic mass is 9.88. The molecular weight excluding hydrogens is 184 g/mol. The molecule has 2 rings (SSSR count). The molecule has 82 valence electrons.